The van der Waals surface area contributed by atoms with Gasteiger partial charge in [-0.3, -0.25) is 0 Å². The third-order valence-electron chi connectivity index (χ3n) is 2.98. The largest absolute Gasteiger partial charge is 0.384 e. The summed E-state index contributed by atoms with van der Waals surface area (Å²) in [6.07, 6.45) is 1.36. The summed E-state index contributed by atoms with van der Waals surface area (Å²) in [6, 6.07) is 4.23. The molecule has 1 aromatic carbocycles. The van der Waals surface area contributed by atoms with E-state index < -0.39 is 0 Å². The molecule has 2 unspecified atom stereocenters. The Balaban J connectivity index is 2.22. The first-order valence-electron chi connectivity index (χ1n) is 4.49. The first-order valence-corrected chi connectivity index (χ1v) is 6.07. The molecule has 1 aromatic rings. The molecule has 0 radical (unpaired) electrons. The molecule has 3 rings (SSSR count). The lowest BCUT2D eigenvalue weighted by Crippen LogP contribution is -2.12. The number of halogens is 2. The van der Waals surface area contributed by atoms with Crippen LogP contribution in [-0.4, -0.2) is 6.54 Å². The fourth-order valence-electron chi connectivity index (χ4n) is 2.17. The predicted octanol–water partition coefficient (Wildman–Crippen LogP) is 3.74. The lowest BCUT2D eigenvalue weighted by Gasteiger charge is -2.20. The molecule has 0 aromatic heterocycles. The highest BCUT2D eigenvalue weighted by Crippen LogP contribution is 2.56. The molecule has 68 valence electrons. The maximum atomic E-state index is 3.62. The highest BCUT2D eigenvalue weighted by molar-refractivity contribution is 9.11. The van der Waals surface area contributed by atoms with E-state index >= 15 is 0 Å². The van der Waals surface area contributed by atoms with Gasteiger partial charge in [-0.2, -0.15) is 0 Å². The minimum absolute atomic E-state index is 0.808. The number of rotatable bonds is 0. The van der Waals surface area contributed by atoms with Gasteiger partial charge in [-0.05, 0) is 51.9 Å². The fourth-order valence-corrected chi connectivity index (χ4v) is 3.28. The number of benzene rings is 1. The lowest BCUT2D eigenvalue weighted by molar-refractivity contribution is 0.813. The first-order chi connectivity index (χ1) is 6.27. The fraction of sp³-hybridized carbons (Fsp3) is 0.400. The van der Waals surface area contributed by atoms with Crippen LogP contribution in [-0.2, 0) is 0 Å². The van der Waals surface area contributed by atoms with Crippen LogP contribution in [0.3, 0.4) is 0 Å². The van der Waals surface area contributed by atoms with Crippen molar-refractivity contribution in [3.8, 4) is 0 Å². The van der Waals surface area contributed by atoms with Gasteiger partial charge >= 0.3 is 0 Å². The van der Waals surface area contributed by atoms with Crippen molar-refractivity contribution in [1.29, 1.82) is 0 Å². The summed E-state index contributed by atoms with van der Waals surface area (Å²) in [4.78, 5) is 0. The van der Waals surface area contributed by atoms with Gasteiger partial charge in [0.25, 0.3) is 0 Å². The molecule has 0 spiro atoms. The molecule has 1 N–H and O–H groups in total. The van der Waals surface area contributed by atoms with Crippen LogP contribution in [0.15, 0.2) is 21.1 Å². The first kappa shape index (κ1) is 8.30. The van der Waals surface area contributed by atoms with Gasteiger partial charge in [0.15, 0.2) is 0 Å². The van der Waals surface area contributed by atoms with E-state index in [9.17, 15) is 0 Å². The number of anilines is 1. The van der Waals surface area contributed by atoms with Crippen LogP contribution in [0.5, 0.6) is 0 Å². The highest BCUT2D eigenvalue weighted by Gasteiger charge is 2.43. The average Bonchev–Trinajstić information content (AvgIpc) is 2.89. The topological polar surface area (TPSA) is 12.0 Å². The number of hydrogen-bond acceptors (Lipinski definition) is 1. The highest BCUT2D eigenvalue weighted by atomic mass is 79.9. The number of hydrogen-bond donors (Lipinski definition) is 1. The van der Waals surface area contributed by atoms with Gasteiger partial charge in [-0.15, -0.1) is 0 Å². The molecule has 1 saturated carbocycles. The molecular formula is C10H9Br2N. The maximum Gasteiger partial charge on any atom is 0.0531 e. The molecule has 1 fully saturated rings. The van der Waals surface area contributed by atoms with E-state index in [2.05, 4.69) is 49.3 Å². The van der Waals surface area contributed by atoms with E-state index in [1.54, 1.807) is 0 Å². The molecule has 1 aliphatic carbocycles. The quantitative estimate of drug-likeness (QED) is 0.770. The van der Waals surface area contributed by atoms with Crippen molar-refractivity contribution in [3.05, 3.63) is 26.6 Å². The Morgan fingerprint density at radius 2 is 2.00 bits per heavy atom. The Morgan fingerprint density at radius 3 is 2.85 bits per heavy atom. The van der Waals surface area contributed by atoms with E-state index in [0.717, 1.165) is 18.4 Å². The van der Waals surface area contributed by atoms with Gasteiger partial charge in [-0.1, -0.05) is 15.9 Å². The van der Waals surface area contributed by atoms with Gasteiger partial charge in [0, 0.05) is 15.5 Å². The van der Waals surface area contributed by atoms with Crippen molar-refractivity contribution in [2.24, 2.45) is 5.92 Å². The monoisotopic (exact) mass is 301 g/mol. The van der Waals surface area contributed by atoms with Crippen molar-refractivity contribution in [1.82, 2.24) is 0 Å². The van der Waals surface area contributed by atoms with Gasteiger partial charge in [0.2, 0.25) is 0 Å². The molecule has 2 atom stereocenters. The van der Waals surface area contributed by atoms with Crippen molar-refractivity contribution in [3.63, 3.8) is 0 Å². The second-order valence-electron chi connectivity index (χ2n) is 3.80. The van der Waals surface area contributed by atoms with Crippen LogP contribution in [0.4, 0.5) is 5.69 Å². The number of fused-ring (bicyclic) bond motifs is 3. The summed E-state index contributed by atoms with van der Waals surface area (Å²) in [5.74, 6) is 1.70. The molecule has 0 saturated heterocycles. The predicted molar refractivity (Wildman–Crippen MR) is 61.2 cm³/mol. The Kier molecular flexibility index (Phi) is 1.75. The normalized spacial score (nSPS) is 28.8. The minimum atomic E-state index is 0.808. The van der Waals surface area contributed by atoms with Gasteiger partial charge in [-0.25, -0.2) is 0 Å². The third-order valence-corrected chi connectivity index (χ3v) is 4.33. The van der Waals surface area contributed by atoms with Crippen molar-refractivity contribution >= 4 is 37.5 Å². The molecule has 2 aliphatic rings. The van der Waals surface area contributed by atoms with Crippen LogP contribution in [0.1, 0.15) is 17.9 Å². The zero-order chi connectivity index (χ0) is 9.00. The summed E-state index contributed by atoms with van der Waals surface area (Å²) in [5, 5.41) is 3.49. The number of nitrogens with one attached hydrogen (secondary N) is 1. The summed E-state index contributed by atoms with van der Waals surface area (Å²) >= 11 is 7.20. The van der Waals surface area contributed by atoms with Gasteiger partial charge in [0.1, 0.15) is 0 Å². The Hall–Kier alpha value is -0.0200. The van der Waals surface area contributed by atoms with Crippen molar-refractivity contribution in [2.45, 2.75) is 12.3 Å². The summed E-state index contributed by atoms with van der Waals surface area (Å²) < 4.78 is 2.45. The van der Waals surface area contributed by atoms with Crippen LogP contribution in [0.2, 0.25) is 0 Å². The zero-order valence-electron chi connectivity index (χ0n) is 6.98. The van der Waals surface area contributed by atoms with E-state index in [4.69, 9.17) is 0 Å². The van der Waals surface area contributed by atoms with E-state index in [1.165, 1.54) is 26.6 Å². The van der Waals surface area contributed by atoms with E-state index in [-0.39, 0.29) is 0 Å². The molecule has 1 nitrogen and oxygen atoms in total. The minimum Gasteiger partial charge on any atom is -0.384 e. The van der Waals surface area contributed by atoms with Crippen LogP contribution >= 0.6 is 31.9 Å². The van der Waals surface area contributed by atoms with Gasteiger partial charge in [0.05, 0.1) is 5.69 Å². The molecule has 13 heavy (non-hydrogen) atoms. The maximum absolute atomic E-state index is 3.62. The van der Waals surface area contributed by atoms with Crippen molar-refractivity contribution < 1.29 is 0 Å². The molecule has 0 amide bonds. The molecule has 0 bridgehead atoms. The second kappa shape index (κ2) is 2.74. The molecule has 1 heterocycles. The SMILES string of the molecule is Brc1ccc(Br)c2c1NCC1CC21. The van der Waals surface area contributed by atoms with E-state index in [0.29, 0.717) is 0 Å². The summed E-state index contributed by atoms with van der Waals surface area (Å²) in [6.45, 7) is 1.15. The van der Waals surface area contributed by atoms with Crippen LogP contribution in [0, 0.1) is 5.92 Å². The van der Waals surface area contributed by atoms with Crippen LogP contribution in [0.25, 0.3) is 0 Å². The Morgan fingerprint density at radius 1 is 1.23 bits per heavy atom. The lowest BCUT2D eigenvalue weighted by atomic mass is 10.0. The van der Waals surface area contributed by atoms with Crippen LogP contribution < -0.4 is 5.32 Å². The average molecular weight is 303 g/mol. The summed E-state index contributed by atoms with van der Waals surface area (Å²) in [5.41, 5.74) is 2.78. The molecule has 1 aliphatic heterocycles. The summed E-state index contributed by atoms with van der Waals surface area (Å²) in [7, 11) is 0. The zero-order valence-corrected chi connectivity index (χ0v) is 10.2. The van der Waals surface area contributed by atoms with Crippen molar-refractivity contribution in [2.75, 3.05) is 11.9 Å². The molecular weight excluding hydrogens is 294 g/mol. The molecule has 3 heteroatoms. The standard InChI is InChI=1S/C10H9Br2N/c11-7-1-2-8(12)10-9(7)6-3-5(6)4-13-10/h1-2,5-6,13H,3-4H2. The van der Waals surface area contributed by atoms with Gasteiger partial charge < -0.3 is 5.32 Å². The van der Waals surface area contributed by atoms with E-state index in [1.807, 2.05) is 0 Å². The second-order valence-corrected chi connectivity index (χ2v) is 5.51. The Bertz CT molecular complexity index is 375. The smallest absolute Gasteiger partial charge is 0.0531 e. The Labute approximate surface area is 94.2 Å². The third kappa shape index (κ3) is 1.17.